The maximum atomic E-state index is 14.4. The monoisotopic (exact) mass is 685 g/mol. The van der Waals surface area contributed by atoms with Crippen molar-refractivity contribution in [3.05, 3.63) is 42.1 Å². The Bertz CT molecular complexity index is 1530. The van der Waals surface area contributed by atoms with Gasteiger partial charge in [-0.1, -0.05) is 0 Å². The van der Waals surface area contributed by atoms with Crippen molar-refractivity contribution in [3.8, 4) is 11.5 Å². The zero-order valence-corrected chi connectivity index (χ0v) is 29.6. The third-order valence-electron chi connectivity index (χ3n) is 10.7. The number of amides is 1. The van der Waals surface area contributed by atoms with Gasteiger partial charge in [-0.2, -0.15) is 0 Å². The third-order valence-corrected chi connectivity index (χ3v) is 12.7. The number of sulfonamides is 1. The number of likely N-dealkylation sites (tertiary alicyclic amines) is 1. The van der Waals surface area contributed by atoms with Crippen LogP contribution in [0.5, 0.6) is 11.5 Å². The van der Waals surface area contributed by atoms with Crippen LogP contribution in [0.3, 0.4) is 0 Å². The Morgan fingerprint density at radius 2 is 1.79 bits per heavy atom. The molecule has 264 valence electrons. The molecule has 4 aliphatic rings. The Kier molecular flexibility index (Phi) is 10.6. The molecule has 1 aromatic carbocycles. The van der Waals surface area contributed by atoms with Crippen molar-refractivity contribution in [2.24, 2.45) is 11.3 Å². The van der Waals surface area contributed by atoms with Crippen molar-refractivity contribution in [2.45, 2.75) is 96.0 Å². The Hall–Kier alpha value is -2.87. The fourth-order valence-corrected chi connectivity index (χ4v) is 10.1. The number of nitrogens with one attached hydrogen (secondary N) is 2. The molecule has 48 heavy (non-hydrogen) atoms. The first-order valence-corrected chi connectivity index (χ1v) is 19.3. The van der Waals surface area contributed by atoms with Crippen LogP contribution in [0.15, 0.2) is 30.7 Å². The van der Waals surface area contributed by atoms with Crippen LogP contribution in [0.25, 0.3) is 0 Å². The molecule has 1 aromatic heterocycles. The van der Waals surface area contributed by atoms with E-state index in [0.29, 0.717) is 35.7 Å². The molecular formula is C35H52FN7O4S. The molecular weight excluding hydrogens is 633 g/mol. The minimum Gasteiger partial charge on any atom is -0.451 e. The molecule has 1 spiro atoms. The van der Waals surface area contributed by atoms with E-state index in [1.807, 2.05) is 27.7 Å². The van der Waals surface area contributed by atoms with E-state index in [4.69, 9.17) is 4.74 Å². The fraction of sp³-hybridized carbons (Fsp3) is 0.686. The number of aromatic nitrogens is 2. The first-order chi connectivity index (χ1) is 22.9. The zero-order chi connectivity index (χ0) is 34.1. The van der Waals surface area contributed by atoms with E-state index in [1.54, 1.807) is 11.1 Å². The van der Waals surface area contributed by atoms with E-state index >= 15 is 0 Å². The predicted octanol–water partition coefficient (Wildman–Crippen LogP) is 4.41. The highest BCUT2D eigenvalue weighted by Crippen LogP contribution is 2.45. The molecule has 1 amide bonds. The normalized spacial score (nSPS) is 22.4. The average Bonchev–Trinajstić information content (AvgIpc) is 3.50. The predicted molar refractivity (Wildman–Crippen MR) is 184 cm³/mol. The fourth-order valence-electron chi connectivity index (χ4n) is 8.37. The molecule has 13 heteroatoms. The van der Waals surface area contributed by atoms with E-state index in [2.05, 4.69) is 29.8 Å². The van der Waals surface area contributed by atoms with Crippen LogP contribution in [0.1, 0.15) is 83.0 Å². The Balaban J connectivity index is 1.02. The van der Waals surface area contributed by atoms with Gasteiger partial charge in [-0.05, 0) is 115 Å². The first kappa shape index (κ1) is 35.0. The first-order valence-electron chi connectivity index (χ1n) is 17.7. The number of carbonyl (C=O) groups excluding carboxylic acids is 1. The van der Waals surface area contributed by atoms with Gasteiger partial charge in [-0.15, -0.1) is 0 Å². The molecule has 4 fully saturated rings. The molecule has 2 aromatic rings. The largest absolute Gasteiger partial charge is 0.451 e. The van der Waals surface area contributed by atoms with Gasteiger partial charge in [0.1, 0.15) is 17.9 Å². The van der Waals surface area contributed by atoms with E-state index < -0.39 is 15.8 Å². The van der Waals surface area contributed by atoms with Gasteiger partial charge in [0.25, 0.3) is 5.91 Å². The van der Waals surface area contributed by atoms with Gasteiger partial charge in [-0.25, -0.2) is 27.5 Å². The Morgan fingerprint density at radius 1 is 1.08 bits per heavy atom. The van der Waals surface area contributed by atoms with Crippen LogP contribution >= 0.6 is 0 Å². The molecule has 2 N–H and O–H groups in total. The molecule has 0 radical (unpaired) electrons. The average molecular weight is 686 g/mol. The number of rotatable bonds is 11. The topological polar surface area (TPSA) is 120 Å². The number of benzene rings is 1. The van der Waals surface area contributed by atoms with Crippen molar-refractivity contribution >= 4 is 21.7 Å². The number of carbonyl (C=O) groups is 1. The summed E-state index contributed by atoms with van der Waals surface area (Å²) in [6.07, 6.45) is 9.51. The van der Waals surface area contributed by atoms with Gasteiger partial charge < -0.3 is 24.8 Å². The molecule has 11 nitrogen and oxygen atoms in total. The van der Waals surface area contributed by atoms with Crippen LogP contribution in [-0.2, 0) is 10.0 Å². The lowest BCUT2D eigenvalue weighted by atomic mass is 9.67. The highest BCUT2D eigenvalue weighted by Gasteiger charge is 2.46. The highest BCUT2D eigenvalue weighted by atomic mass is 32.2. The maximum absolute atomic E-state index is 14.4. The van der Waals surface area contributed by atoms with Crippen LogP contribution in [0.2, 0.25) is 0 Å². The van der Waals surface area contributed by atoms with E-state index in [0.717, 1.165) is 77.9 Å². The second kappa shape index (κ2) is 14.5. The van der Waals surface area contributed by atoms with Crippen molar-refractivity contribution < 1.29 is 22.3 Å². The second-order valence-corrected chi connectivity index (χ2v) is 17.0. The van der Waals surface area contributed by atoms with Crippen LogP contribution in [0.4, 0.5) is 10.2 Å². The summed E-state index contributed by atoms with van der Waals surface area (Å²) in [6.45, 7) is 14.2. The molecule has 6 rings (SSSR count). The number of hydrogen-bond acceptors (Lipinski definition) is 9. The molecule has 3 saturated heterocycles. The third kappa shape index (κ3) is 7.79. The van der Waals surface area contributed by atoms with E-state index in [-0.39, 0.29) is 40.6 Å². The second-order valence-electron chi connectivity index (χ2n) is 15.0. The minimum absolute atomic E-state index is 0.0608. The highest BCUT2D eigenvalue weighted by molar-refractivity contribution is 7.90. The minimum atomic E-state index is -3.26. The molecule has 1 atom stereocenters. The zero-order valence-electron chi connectivity index (χ0n) is 28.8. The van der Waals surface area contributed by atoms with Gasteiger partial charge in [0.05, 0.1) is 17.0 Å². The van der Waals surface area contributed by atoms with Gasteiger partial charge >= 0.3 is 0 Å². The number of piperidine rings is 1. The SMILES string of the molecule is CC(C)N(C(=O)c1cc(F)ccc1Oc1cncnc1N1CC[C@@H](CN2CC3(CCC(NS(=O)(=O)C4CCNCC4)CC3)C2)C1)C(C)C. The lowest BCUT2D eigenvalue weighted by Gasteiger charge is -2.54. The van der Waals surface area contributed by atoms with Crippen molar-refractivity contribution in [1.29, 1.82) is 0 Å². The summed E-state index contributed by atoms with van der Waals surface area (Å²) in [4.78, 5) is 28.8. The maximum Gasteiger partial charge on any atom is 0.258 e. The van der Waals surface area contributed by atoms with Crippen LogP contribution < -0.4 is 19.7 Å². The van der Waals surface area contributed by atoms with Crippen molar-refractivity contribution in [1.82, 2.24) is 29.8 Å². The summed E-state index contributed by atoms with van der Waals surface area (Å²) in [5, 5.41) is 2.99. The number of halogens is 1. The van der Waals surface area contributed by atoms with Gasteiger partial charge in [0.2, 0.25) is 10.0 Å². The summed E-state index contributed by atoms with van der Waals surface area (Å²) in [5.41, 5.74) is 0.486. The number of anilines is 1. The molecule has 1 aliphatic carbocycles. The van der Waals surface area contributed by atoms with Gasteiger partial charge in [0, 0.05) is 50.8 Å². The smallest absolute Gasteiger partial charge is 0.258 e. The van der Waals surface area contributed by atoms with E-state index in [9.17, 15) is 17.6 Å². The standard InChI is InChI=1S/C35H52FN7O4S/c1-24(2)43(25(3)4)34(44)30-17-27(36)5-6-31(30)47-32-18-38-23-39-33(32)42-16-11-26(20-42)19-41-21-35(22-41)12-7-28(8-13-35)40-48(45,46)29-9-14-37-15-10-29/h5-6,17-18,23-26,28-29,37,40H,7-16,19-22H2,1-4H3/t26-/m0/s1. The quantitative estimate of drug-likeness (QED) is 0.355. The number of hydrogen-bond donors (Lipinski definition) is 2. The van der Waals surface area contributed by atoms with Crippen molar-refractivity contribution in [2.75, 3.05) is 50.7 Å². The van der Waals surface area contributed by atoms with Gasteiger partial charge in [-0.3, -0.25) is 4.79 Å². The molecule has 0 bridgehead atoms. The van der Waals surface area contributed by atoms with Gasteiger partial charge in [0.15, 0.2) is 11.6 Å². The van der Waals surface area contributed by atoms with Crippen molar-refractivity contribution in [3.63, 3.8) is 0 Å². The molecule has 4 heterocycles. The Morgan fingerprint density at radius 3 is 2.48 bits per heavy atom. The Labute approximate surface area is 285 Å². The molecule has 3 aliphatic heterocycles. The summed E-state index contributed by atoms with van der Waals surface area (Å²) in [7, 11) is -3.26. The van der Waals surface area contributed by atoms with E-state index in [1.165, 1.54) is 24.5 Å². The lowest BCUT2D eigenvalue weighted by Crippen LogP contribution is -2.60. The molecule has 1 saturated carbocycles. The molecule has 0 unspecified atom stereocenters. The van der Waals surface area contributed by atoms with Crippen LogP contribution in [0, 0.1) is 17.2 Å². The summed E-state index contributed by atoms with van der Waals surface area (Å²) >= 11 is 0. The number of ether oxygens (including phenoxy) is 1. The summed E-state index contributed by atoms with van der Waals surface area (Å²) in [6, 6.07) is 3.98. The summed E-state index contributed by atoms with van der Waals surface area (Å²) < 4.78 is 49.6. The lowest BCUT2D eigenvalue weighted by molar-refractivity contribution is -0.0386. The number of nitrogens with zero attached hydrogens (tertiary/aromatic N) is 5. The van der Waals surface area contributed by atoms with Crippen LogP contribution in [-0.4, -0.2) is 103 Å². The summed E-state index contributed by atoms with van der Waals surface area (Å²) in [5.74, 6) is 1.09.